The zero-order valence-corrected chi connectivity index (χ0v) is 11.6. The largest absolute Gasteiger partial charge is 0.480 e. The lowest BCUT2D eigenvalue weighted by Crippen LogP contribution is -2.53. The van der Waals surface area contributed by atoms with Crippen LogP contribution in [0.25, 0.3) is 0 Å². The normalized spacial score (nSPS) is 23.9. The number of nitrogens with one attached hydrogen (secondary N) is 2. The number of amides is 3. The summed E-state index contributed by atoms with van der Waals surface area (Å²) >= 11 is 0. The van der Waals surface area contributed by atoms with Gasteiger partial charge in [-0.3, -0.25) is 4.79 Å². The minimum absolute atomic E-state index is 0.0518. The second-order valence-electron chi connectivity index (χ2n) is 5.50. The van der Waals surface area contributed by atoms with Gasteiger partial charge >= 0.3 is 12.0 Å². The lowest BCUT2D eigenvalue weighted by Gasteiger charge is -2.32. The van der Waals surface area contributed by atoms with Crippen LogP contribution in [0.15, 0.2) is 0 Å². The van der Waals surface area contributed by atoms with E-state index in [2.05, 4.69) is 10.6 Å². The number of hydrogen-bond donors (Lipinski definition) is 3. The minimum atomic E-state index is -0.985. The first kappa shape index (κ1) is 14.6. The number of rotatable bonds is 4. The Morgan fingerprint density at radius 3 is 2.50 bits per heavy atom. The maximum absolute atomic E-state index is 12.1. The van der Waals surface area contributed by atoms with Crippen molar-refractivity contribution in [2.24, 2.45) is 11.8 Å². The lowest BCUT2D eigenvalue weighted by atomic mass is 9.97. The standard InChI is InChI=1S/C13H21N3O4/c1-14-11(17)9-3-2-6-16(7-9)13(20)15-10(12(18)19)8-4-5-8/h8-10H,2-7H2,1H3,(H,14,17)(H,15,20)(H,18,19). The summed E-state index contributed by atoms with van der Waals surface area (Å²) in [5.41, 5.74) is 0. The monoisotopic (exact) mass is 283 g/mol. The van der Waals surface area contributed by atoms with Crippen LogP contribution in [0.2, 0.25) is 0 Å². The second kappa shape index (κ2) is 6.11. The van der Waals surface area contributed by atoms with Gasteiger partial charge in [-0.05, 0) is 31.6 Å². The first-order chi connectivity index (χ1) is 9.52. The summed E-state index contributed by atoms with van der Waals surface area (Å²) in [6.07, 6.45) is 3.21. The van der Waals surface area contributed by atoms with Crippen LogP contribution in [0.3, 0.4) is 0 Å². The number of urea groups is 1. The van der Waals surface area contributed by atoms with Gasteiger partial charge in [-0.1, -0.05) is 0 Å². The third-order valence-corrected chi connectivity index (χ3v) is 3.96. The highest BCUT2D eigenvalue weighted by Crippen LogP contribution is 2.33. The molecular weight excluding hydrogens is 262 g/mol. The molecule has 2 atom stereocenters. The highest BCUT2D eigenvalue weighted by Gasteiger charge is 2.38. The Hall–Kier alpha value is -1.79. The molecule has 0 aromatic carbocycles. The fraction of sp³-hybridized carbons (Fsp3) is 0.769. The van der Waals surface area contributed by atoms with Crippen molar-refractivity contribution >= 4 is 17.9 Å². The van der Waals surface area contributed by atoms with E-state index in [4.69, 9.17) is 5.11 Å². The van der Waals surface area contributed by atoms with Gasteiger partial charge < -0.3 is 20.6 Å². The quantitative estimate of drug-likeness (QED) is 0.677. The highest BCUT2D eigenvalue weighted by atomic mass is 16.4. The Morgan fingerprint density at radius 1 is 1.25 bits per heavy atom. The number of carbonyl (C=O) groups excluding carboxylic acids is 2. The van der Waals surface area contributed by atoms with Crippen molar-refractivity contribution in [3.8, 4) is 0 Å². The molecule has 0 radical (unpaired) electrons. The molecule has 3 N–H and O–H groups in total. The van der Waals surface area contributed by atoms with Crippen LogP contribution in [0.5, 0.6) is 0 Å². The number of likely N-dealkylation sites (tertiary alicyclic amines) is 1. The number of carboxylic acids is 1. The summed E-state index contributed by atoms with van der Waals surface area (Å²) in [5, 5.41) is 14.3. The number of nitrogens with zero attached hydrogens (tertiary/aromatic N) is 1. The molecule has 2 aliphatic rings. The molecule has 0 bridgehead atoms. The summed E-state index contributed by atoms with van der Waals surface area (Å²) in [4.78, 5) is 36.4. The molecule has 0 aromatic rings. The van der Waals surface area contributed by atoms with Crippen molar-refractivity contribution in [1.29, 1.82) is 0 Å². The number of carbonyl (C=O) groups is 3. The molecule has 7 nitrogen and oxygen atoms in total. The van der Waals surface area contributed by atoms with E-state index in [1.54, 1.807) is 11.9 Å². The number of piperidine rings is 1. The maximum Gasteiger partial charge on any atom is 0.326 e. The molecule has 2 unspecified atom stereocenters. The van der Waals surface area contributed by atoms with Crippen molar-refractivity contribution < 1.29 is 19.5 Å². The van der Waals surface area contributed by atoms with E-state index in [1.165, 1.54) is 0 Å². The minimum Gasteiger partial charge on any atom is -0.480 e. The molecule has 0 spiro atoms. The topological polar surface area (TPSA) is 98.7 Å². The Bertz CT molecular complexity index is 408. The van der Waals surface area contributed by atoms with E-state index < -0.39 is 12.0 Å². The van der Waals surface area contributed by atoms with E-state index in [9.17, 15) is 14.4 Å². The molecule has 1 heterocycles. The van der Waals surface area contributed by atoms with Gasteiger partial charge in [0.1, 0.15) is 6.04 Å². The summed E-state index contributed by atoms with van der Waals surface area (Å²) < 4.78 is 0. The van der Waals surface area contributed by atoms with Crippen molar-refractivity contribution in [3.63, 3.8) is 0 Å². The summed E-state index contributed by atoms with van der Waals surface area (Å²) in [6.45, 7) is 0.916. The molecule has 1 aliphatic heterocycles. The fourth-order valence-corrected chi connectivity index (χ4v) is 2.61. The van der Waals surface area contributed by atoms with E-state index in [0.717, 1.165) is 25.7 Å². The number of hydrogen-bond acceptors (Lipinski definition) is 3. The lowest BCUT2D eigenvalue weighted by molar-refractivity contribution is -0.139. The average molecular weight is 283 g/mol. The van der Waals surface area contributed by atoms with Crippen LogP contribution < -0.4 is 10.6 Å². The molecule has 112 valence electrons. The Balaban J connectivity index is 1.91. The number of carboxylic acid groups (broad SMARTS) is 1. The predicted octanol–water partition coefficient (Wildman–Crippen LogP) is 0.0172. The summed E-state index contributed by atoms with van der Waals surface area (Å²) in [5.74, 6) is -1.21. The zero-order valence-electron chi connectivity index (χ0n) is 11.6. The Morgan fingerprint density at radius 2 is 1.95 bits per heavy atom. The van der Waals surface area contributed by atoms with Crippen molar-refractivity contribution in [3.05, 3.63) is 0 Å². The van der Waals surface area contributed by atoms with Crippen LogP contribution >= 0.6 is 0 Å². The van der Waals surface area contributed by atoms with Crippen LogP contribution in [0.1, 0.15) is 25.7 Å². The predicted molar refractivity (Wildman–Crippen MR) is 71.0 cm³/mol. The Kier molecular flexibility index (Phi) is 4.46. The van der Waals surface area contributed by atoms with Gasteiger partial charge in [0.25, 0.3) is 0 Å². The van der Waals surface area contributed by atoms with Gasteiger partial charge in [0.2, 0.25) is 5.91 Å². The average Bonchev–Trinajstić information content (AvgIpc) is 3.27. The number of aliphatic carboxylic acids is 1. The second-order valence-corrected chi connectivity index (χ2v) is 5.50. The van der Waals surface area contributed by atoms with E-state index >= 15 is 0 Å². The first-order valence-corrected chi connectivity index (χ1v) is 7.02. The van der Waals surface area contributed by atoms with Gasteiger partial charge in [-0.2, -0.15) is 0 Å². The van der Waals surface area contributed by atoms with E-state index in [0.29, 0.717) is 13.1 Å². The molecule has 2 fully saturated rings. The molecule has 7 heteroatoms. The van der Waals surface area contributed by atoms with Gasteiger partial charge in [-0.15, -0.1) is 0 Å². The van der Waals surface area contributed by atoms with Gasteiger partial charge in [0.15, 0.2) is 0 Å². The smallest absolute Gasteiger partial charge is 0.326 e. The molecule has 20 heavy (non-hydrogen) atoms. The van der Waals surface area contributed by atoms with Gasteiger partial charge in [0.05, 0.1) is 5.92 Å². The van der Waals surface area contributed by atoms with Crippen LogP contribution in [-0.2, 0) is 9.59 Å². The van der Waals surface area contributed by atoms with Gasteiger partial charge in [0, 0.05) is 20.1 Å². The molecular formula is C13H21N3O4. The molecule has 1 aliphatic carbocycles. The Labute approximate surface area is 117 Å². The maximum atomic E-state index is 12.1. The first-order valence-electron chi connectivity index (χ1n) is 7.02. The van der Waals surface area contributed by atoms with E-state index in [1.807, 2.05) is 0 Å². The fourth-order valence-electron chi connectivity index (χ4n) is 2.61. The molecule has 1 saturated heterocycles. The summed E-state index contributed by atoms with van der Waals surface area (Å²) in [6, 6.07) is -1.18. The summed E-state index contributed by atoms with van der Waals surface area (Å²) in [7, 11) is 1.58. The van der Waals surface area contributed by atoms with Crippen LogP contribution in [-0.4, -0.2) is 54.1 Å². The molecule has 0 aromatic heterocycles. The molecule has 1 saturated carbocycles. The van der Waals surface area contributed by atoms with Crippen LogP contribution in [0.4, 0.5) is 4.79 Å². The van der Waals surface area contributed by atoms with Crippen LogP contribution in [0, 0.1) is 11.8 Å². The molecule has 2 rings (SSSR count). The van der Waals surface area contributed by atoms with Gasteiger partial charge in [-0.25, -0.2) is 9.59 Å². The van der Waals surface area contributed by atoms with Crippen molar-refractivity contribution in [2.75, 3.05) is 20.1 Å². The van der Waals surface area contributed by atoms with Crippen molar-refractivity contribution in [1.82, 2.24) is 15.5 Å². The van der Waals surface area contributed by atoms with Crippen molar-refractivity contribution in [2.45, 2.75) is 31.7 Å². The highest BCUT2D eigenvalue weighted by molar-refractivity contribution is 5.84. The van der Waals surface area contributed by atoms with E-state index in [-0.39, 0.29) is 23.8 Å². The third-order valence-electron chi connectivity index (χ3n) is 3.96. The SMILES string of the molecule is CNC(=O)C1CCCN(C(=O)NC(C(=O)O)C2CC2)C1. The molecule has 3 amide bonds. The zero-order chi connectivity index (χ0) is 14.7. The third kappa shape index (κ3) is 3.40.